The molecule has 2 rings (SSSR count). The highest BCUT2D eigenvalue weighted by atomic mass is 19.1. The molecule has 0 bridgehead atoms. The molecule has 2 N–H and O–H groups in total. The maximum absolute atomic E-state index is 12.7. The molecular formula is C17H22FN3O2. The van der Waals surface area contributed by atoms with E-state index in [4.69, 9.17) is 0 Å². The van der Waals surface area contributed by atoms with Crippen LogP contribution in [0.15, 0.2) is 30.3 Å². The first-order valence-electron chi connectivity index (χ1n) is 7.88. The smallest absolute Gasteiger partial charge is 0.262 e. The van der Waals surface area contributed by atoms with Gasteiger partial charge in [-0.3, -0.25) is 20.4 Å². The van der Waals surface area contributed by atoms with Crippen LogP contribution < -0.4 is 10.9 Å². The van der Waals surface area contributed by atoms with E-state index in [-0.39, 0.29) is 11.7 Å². The Bertz CT molecular complexity index is 551. The van der Waals surface area contributed by atoms with Gasteiger partial charge in [-0.1, -0.05) is 18.6 Å². The lowest BCUT2D eigenvalue weighted by Crippen LogP contribution is -2.42. The number of likely N-dealkylation sites (tertiary alicyclic amines) is 1. The molecule has 23 heavy (non-hydrogen) atoms. The Labute approximate surface area is 135 Å². The summed E-state index contributed by atoms with van der Waals surface area (Å²) < 4.78 is 12.7. The fraction of sp³-hybridized carbons (Fsp3) is 0.412. The highest BCUT2D eigenvalue weighted by Crippen LogP contribution is 2.08. The predicted octanol–water partition coefficient (Wildman–Crippen LogP) is 1.86. The minimum absolute atomic E-state index is 0.209. The van der Waals surface area contributed by atoms with Gasteiger partial charge in [-0.25, -0.2) is 4.39 Å². The van der Waals surface area contributed by atoms with Crippen molar-refractivity contribution < 1.29 is 14.0 Å². The molecule has 0 unspecified atom stereocenters. The third-order valence-corrected chi connectivity index (χ3v) is 3.73. The zero-order valence-corrected chi connectivity index (χ0v) is 13.1. The number of amides is 2. The molecule has 6 heteroatoms. The first kappa shape index (κ1) is 17.1. The van der Waals surface area contributed by atoms with Crippen molar-refractivity contribution in [3.8, 4) is 0 Å². The van der Waals surface area contributed by atoms with Crippen LogP contribution in [0.4, 0.5) is 4.39 Å². The minimum atomic E-state index is -0.430. The quantitative estimate of drug-likeness (QED) is 0.643. The fourth-order valence-electron chi connectivity index (χ4n) is 2.42. The number of halogens is 1. The number of nitrogens with one attached hydrogen (secondary N) is 2. The van der Waals surface area contributed by atoms with Gasteiger partial charge in [0.25, 0.3) is 5.91 Å². The zero-order chi connectivity index (χ0) is 16.5. The molecule has 0 saturated carbocycles. The Hall–Kier alpha value is -2.21. The van der Waals surface area contributed by atoms with Crippen molar-refractivity contribution in [3.05, 3.63) is 41.7 Å². The van der Waals surface area contributed by atoms with Crippen LogP contribution in [0, 0.1) is 5.82 Å². The Morgan fingerprint density at radius 2 is 1.78 bits per heavy atom. The predicted molar refractivity (Wildman–Crippen MR) is 86.6 cm³/mol. The van der Waals surface area contributed by atoms with Crippen LogP contribution in [-0.2, 0) is 9.59 Å². The molecule has 0 aliphatic carbocycles. The van der Waals surface area contributed by atoms with Gasteiger partial charge in [0.2, 0.25) is 5.91 Å². The number of nitrogens with zero attached hydrogens (tertiary/aromatic N) is 1. The summed E-state index contributed by atoms with van der Waals surface area (Å²) in [7, 11) is 0. The number of benzene rings is 1. The normalized spacial score (nSPS) is 15.5. The monoisotopic (exact) mass is 319 g/mol. The van der Waals surface area contributed by atoms with Crippen molar-refractivity contribution in [2.45, 2.75) is 25.7 Å². The summed E-state index contributed by atoms with van der Waals surface area (Å²) in [4.78, 5) is 25.5. The number of hydrazine groups is 1. The van der Waals surface area contributed by atoms with Gasteiger partial charge in [-0.15, -0.1) is 0 Å². The van der Waals surface area contributed by atoms with Gasteiger partial charge in [0.05, 0.1) is 0 Å². The van der Waals surface area contributed by atoms with E-state index in [2.05, 4.69) is 15.8 Å². The van der Waals surface area contributed by atoms with E-state index >= 15 is 0 Å². The molecule has 2 amide bonds. The molecule has 1 aliphatic rings. The van der Waals surface area contributed by atoms with Gasteiger partial charge in [0.15, 0.2) is 0 Å². The van der Waals surface area contributed by atoms with Crippen molar-refractivity contribution in [2.75, 3.05) is 19.6 Å². The molecule has 1 heterocycles. The van der Waals surface area contributed by atoms with Gasteiger partial charge in [0.1, 0.15) is 5.82 Å². The molecule has 1 aromatic carbocycles. The third kappa shape index (κ3) is 6.61. The van der Waals surface area contributed by atoms with Crippen LogP contribution in [0.25, 0.3) is 6.08 Å². The average molecular weight is 319 g/mol. The lowest BCUT2D eigenvalue weighted by Gasteiger charge is -2.25. The highest BCUT2D eigenvalue weighted by Gasteiger charge is 2.11. The Morgan fingerprint density at radius 1 is 1.09 bits per heavy atom. The number of carbonyl (C=O) groups excluding carboxylic acids is 2. The summed E-state index contributed by atoms with van der Waals surface area (Å²) in [5.41, 5.74) is 5.43. The Morgan fingerprint density at radius 3 is 2.48 bits per heavy atom. The summed E-state index contributed by atoms with van der Waals surface area (Å²) in [5, 5.41) is 0. The molecule has 1 saturated heterocycles. The molecule has 0 atom stereocenters. The van der Waals surface area contributed by atoms with Crippen LogP contribution in [-0.4, -0.2) is 36.3 Å². The molecule has 1 aromatic rings. The number of hydrogen-bond acceptors (Lipinski definition) is 3. The number of carbonyl (C=O) groups is 2. The summed E-state index contributed by atoms with van der Waals surface area (Å²) in [5.74, 6) is -0.965. The molecular weight excluding hydrogens is 297 g/mol. The summed E-state index contributed by atoms with van der Waals surface area (Å²) in [6, 6.07) is 5.77. The second-order valence-corrected chi connectivity index (χ2v) is 5.57. The maximum atomic E-state index is 12.7. The van der Waals surface area contributed by atoms with Crippen LogP contribution in [0.1, 0.15) is 31.2 Å². The second-order valence-electron chi connectivity index (χ2n) is 5.57. The van der Waals surface area contributed by atoms with E-state index in [1.54, 1.807) is 18.2 Å². The number of hydrogen-bond donors (Lipinski definition) is 2. The molecule has 5 nitrogen and oxygen atoms in total. The molecule has 124 valence electrons. The molecule has 0 aromatic heterocycles. The summed E-state index contributed by atoms with van der Waals surface area (Å²) in [6.45, 7) is 2.80. The third-order valence-electron chi connectivity index (χ3n) is 3.73. The van der Waals surface area contributed by atoms with Crippen LogP contribution >= 0.6 is 0 Å². The highest BCUT2D eigenvalue weighted by molar-refractivity contribution is 5.93. The van der Waals surface area contributed by atoms with Crippen LogP contribution in [0.2, 0.25) is 0 Å². The SMILES string of the molecule is O=C(/C=C/c1ccc(F)cc1)NNC(=O)CCN1CCCCC1. The first-order valence-corrected chi connectivity index (χ1v) is 7.88. The van der Waals surface area contributed by atoms with E-state index in [9.17, 15) is 14.0 Å². The topological polar surface area (TPSA) is 61.4 Å². The first-order chi connectivity index (χ1) is 11.1. The van der Waals surface area contributed by atoms with Gasteiger partial charge >= 0.3 is 0 Å². The van der Waals surface area contributed by atoms with Gasteiger partial charge in [-0.05, 0) is 49.7 Å². The van der Waals surface area contributed by atoms with Crippen LogP contribution in [0.5, 0.6) is 0 Å². The molecule has 0 spiro atoms. The Kier molecular flexibility index (Phi) is 6.75. The minimum Gasteiger partial charge on any atom is -0.303 e. The van der Waals surface area contributed by atoms with E-state index < -0.39 is 5.91 Å². The van der Waals surface area contributed by atoms with E-state index in [1.165, 1.54) is 37.5 Å². The van der Waals surface area contributed by atoms with E-state index in [1.807, 2.05) is 0 Å². The number of piperidine rings is 1. The van der Waals surface area contributed by atoms with Crippen molar-refractivity contribution in [3.63, 3.8) is 0 Å². The largest absolute Gasteiger partial charge is 0.303 e. The summed E-state index contributed by atoms with van der Waals surface area (Å²) in [6.07, 6.45) is 6.84. The molecule has 1 fully saturated rings. The van der Waals surface area contributed by atoms with Crippen LogP contribution in [0.3, 0.4) is 0 Å². The fourth-order valence-corrected chi connectivity index (χ4v) is 2.42. The maximum Gasteiger partial charge on any atom is 0.262 e. The van der Waals surface area contributed by atoms with Crippen molar-refractivity contribution in [1.29, 1.82) is 0 Å². The number of rotatable bonds is 5. The molecule has 0 radical (unpaired) electrons. The van der Waals surface area contributed by atoms with Crippen molar-refractivity contribution >= 4 is 17.9 Å². The van der Waals surface area contributed by atoms with E-state index in [0.717, 1.165) is 13.1 Å². The molecule has 1 aliphatic heterocycles. The van der Waals surface area contributed by atoms with E-state index in [0.29, 0.717) is 18.5 Å². The lowest BCUT2D eigenvalue weighted by molar-refractivity contribution is -0.127. The average Bonchev–Trinajstić information content (AvgIpc) is 2.58. The van der Waals surface area contributed by atoms with Gasteiger partial charge < -0.3 is 4.90 Å². The summed E-state index contributed by atoms with van der Waals surface area (Å²) >= 11 is 0. The van der Waals surface area contributed by atoms with Crippen molar-refractivity contribution in [1.82, 2.24) is 15.8 Å². The van der Waals surface area contributed by atoms with Gasteiger partial charge in [0, 0.05) is 19.0 Å². The second kappa shape index (κ2) is 9.05. The standard InChI is InChI=1S/C17H22FN3O2/c18-15-7-4-14(5-8-15)6-9-16(22)19-20-17(23)10-13-21-11-2-1-3-12-21/h4-9H,1-3,10-13H2,(H,19,22)(H,20,23)/b9-6+. The zero-order valence-electron chi connectivity index (χ0n) is 13.1. The Balaban J connectivity index is 1.65. The lowest BCUT2D eigenvalue weighted by atomic mass is 10.1. The van der Waals surface area contributed by atoms with Gasteiger partial charge in [-0.2, -0.15) is 0 Å². The van der Waals surface area contributed by atoms with Crippen molar-refractivity contribution in [2.24, 2.45) is 0 Å².